The molecule has 2 aromatic carbocycles. The summed E-state index contributed by atoms with van der Waals surface area (Å²) in [6.07, 6.45) is 5.90. The topological polar surface area (TPSA) is 57.7 Å². The molecule has 30 heavy (non-hydrogen) atoms. The van der Waals surface area contributed by atoms with Crippen molar-refractivity contribution in [1.29, 1.82) is 0 Å². The average molecular weight is 425 g/mol. The summed E-state index contributed by atoms with van der Waals surface area (Å²) in [5, 5.41) is 0. The molecule has 2 aromatic rings. The van der Waals surface area contributed by atoms with E-state index in [9.17, 15) is 13.2 Å². The third-order valence-corrected chi connectivity index (χ3v) is 9.02. The van der Waals surface area contributed by atoms with Crippen LogP contribution < -0.4 is 4.31 Å². The number of hydrogen-bond donors (Lipinski definition) is 0. The highest BCUT2D eigenvalue weighted by molar-refractivity contribution is 7.92. The van der Waals surface area contributed by atoms with Gasteiger partial charge >= 0.3 is 0 Å². The van der Waals surface area contributed by atoms with E-state index in [-0.39, 0.29) is 11.3 Å². The highest BCUT2D eigenvalue weighted by Crippen LogP contribution is 2.51. The van der Waals surface area contributed by atoms with Crippen molar-refractivity contribution in [3.8, 4) is 0 Å². The highest BCUT2D eigenvalue weighted by atomic mass is 32.2. The summed E-state index contributed by atoms with van der Waals surface area (Å²) in [6.45, 7) is 3.47. The van der Waals surface area contributed by atoms with Crippen molar-refractivity contribution >= 4 is 21.6 Å². The Bertz CT molecular complexity index is 1100. The molecule has 0 radical (unpaired) electrons. The Balaban J connectivity index is 1.51. The van der Waals surface area contributed by atoms with Gasteiger partial charge in [0.1, 0.15) is 0 Å². The number of nitrogens with zero attached hydrogens (tertiary/aromatic N) is 2. The number of sulfonamides is 1. The Labute approximate surface area is 178 Å². The van der Waals surface area contributed by atoms with Crippen LogP contribution in [-0.2, 0) is 33.1 Å². The van der Waals surface area contributed by atoms with E-state index >= 15 is 0 Å². The fourth-order valence-corrected chi connectivity index (χ4v) is 7.20. The molecule has 0 bridgehead atoms. The predicted molar refractivity (Wildman–Crippen MR) is 117 cm³/mol. The average Bonchev–Trinajstić information content (AvgIpc) is 3.27. The number of anilines is 1. The van der Waals surface area contributed by atoms with Crippen molar-refractivity contribution in [2.75, 3.05) is 23.9 Å². The molecule has 2 aliphatic heterocycles. The maximum absolute atomic E-state index is 13.7. The van der Waals surface area contributed by atoms with Crippen LogP contribution in [0.1, 0.15) is 49.3 Å². The lowest BCUT2D eigenvalue weighted by Crippen LogP contribution is -2.35. The fraction of sp³-hybridized carbons (Fsp3) is 0.458. The van der Waals surface area contributed by atoms with Crippen LogP contribution in [-0.4, -0.2) is 38.9 Å². The Hall–Kier alpha value is -2.34. The van der Waals surface area contributed by atoms with Crippen LogP contribution in [0, 0.1) is 0 Å². The van der Waals surface area contributed by atoms with E-state index in [1.807, 2.05) is 35.2 Å². The number of hydrogen-bond acceptors (Lipinski definition) is 3. The van der Waals surface area contributed by atoms with Gasteiger partial charge < -0.3 is 4.90 Å². The van der Waals surface area contributed by atoms with Gasteiger partial charge in [0.25, 0.3) is 10.0 Å². The molecule has 1 saturated carbocycles. The van der Waals surface area contributed by atoms with Crippen molar-refractivity contribution in [3.05, 3.63) is 59.2 Å². The number of para-hydroxylation sites is 1. The lowest BCUT2D eigenvalue weighted by Gasteiger charge is -2.25. The summed E-state index contributed by atoms with van der Waals surface area (Å²) < 4.78 is 29.1. The third kappa shape index (κ3) is 3.04. The van der Waals surface area contributed by atoms with Crippen LogP contribution >= 0.6 is 0 Å². The number of carbonyl (C=O) groups is 1. The molecule has 1 fully saturated rings. The van der Waals surface area contributed by atoms with E-state index in [1.165, 1.54) is 5.56 Å². The normalized spacial score (nSPS) is 20.2. The van der Waals surface area contributed by atoms with Crippen LogP contribution in [0.3, 0.4) is 0 Å². The van der Waals surface area contributed by atoms with Crippen molar-refractivity contribution < 1.29 is 13.2 Å². The van der Waals surface area contributed by atoms with Crippen molar-refractivity contribution in [1.82, 2.24) is 4.90 Å². The highest BCUT2D eigenvalue weighted by Gasteiger charge is 2.48. The summed E-state index contributed by atoms with van der Waals surface area (Å²) in [5.74, 6) is 0.0752. The SMILES string of the molecule is CC(=O)N1CCc2ccc(S(=O)(=O)N3CC4(CCCC4)c4ccccc43)cc2CC1. The molecule has 1 spiro atoms. The van der Waals surface area contributed by atoms with Gasteiger partial charge in [0.05, 0.1) is 10.6 Å². The summed E-state index contributed by atoms with van der Waals surface area (Å²) in [7, 11) is -3.64. The van der Waals surface area contributed by atoms with Crippen LogP contribution in [0.5, 0.6) is 0 Å². The van der Waals surface area contributed by atoms with E-state index in [1.54, 1.807) is 17.3 Å². The zero-order valence-electron chi connectivity index (χ0n) is 17.4. The third-order valence-electron chi connectivity index (χ3n) is 7.26. The maximum Gasteiger partial charge on any atom is 0.264 e. The lowest BCUT2D eigenvalue weighted by molar-refractivity contribution is -0.128. The summed E-state index contributed by atoms with van der Waals surface area (Å²) >= 11 is 0. The molecule has 5 nitrogen and oxygen atoms in total. The molecule has 6 heteroatoms. The van der Waals surface area contributed by atoms with Gasteiger partial charge in [-0.2, -0.15) is 0 Å². The molecule has 0 unspecified atom stereocenters. The molecule has 0 aromatic heterocycles. The Morgan fingerprint density at radius 1 is 0.967 bits per heavy atom. The summed E-state index contributed by atoms with van der Waals surface area (Å²) in [4.78, 5) is 14.0. The number of fused-ring (bicyclic) bond motifs is 3. The zero-order valence-corrected chi connectivity index (χ0v) is 18.2. The Kier molecular flexibility index (Phi) is 4.65. The van der Waals surface area contributed by atoms with Gasteiger partial charge in [0.2, 0.25) is 5.91 Å². The van der Waals surface area contributed by atoms with Crippen LogP contribution in [0.25, 0.3) is 0 Å². The number of benzene rings is 2. The first-order valence-electron chi connectivity index (χ1n) is 10.9. The Morgan fingerprint density at radius 2 is 1.67 bits per heavy atom. The number of rotatable bonds is 2. The zero-order chi connectivity index (χ0) is 20.9. The molecule has 2 heterocycles. The molecule has 0 saturated heterocycles. The molecule has 1 aliphatic carbocycles. The van der Waals surface area contributed by atoms with E-state index in [2.05, 4.69) is 6.07 Å². The van der Waals surface area contributed by atoms with E-state index in [0.717, 1.165) is 48.9 Å². The predicted octanol–water partition coefficient (Wildman–Crippen LogP) is 3.65. The minimum atomic E-state index is -3.64. The van der Waals surface area contributed by atoms with Gasteiger partial charge in [-0.25, -0.2) is 8.42 Å². The standard InChI is InChI=1S/C24H28N2O3S/c1-18(27)25-14-10-19-8-9-21(16-20(19)11-15-25)30(28,29)26-17-24(12-4-5-13-24)22-6-2-3-7-23(22)26/h2-3,6-9,16H,4-5,10-15,17H2,1H3. The van der Waals surface area contributed by atoms with Gasteiger partial charge in [0.15, 0.2) is 0 Å². The summed E-state index contributed by atoms with van der Waals surface area (Å²) in [6, 6.07) is 13.6. The molecule has 0 atom stereocenters. The van der Waals surface area contributed by atoms with Crippen LogP contribution in [0.4, 0.5) is 5.69 Å². The van der Waals surface area contributed by atoms with Crippen molar-refractivity contribution in [2.45, 2.75) is 55.8 Å². The smallest absolute Gasteiger partial charge is 0.264 e. The molecule has 0 N–H and O–H groups in total. The molecule has 3 aliphatic rings. The second-order valence-electron chi connectivity index (χ2n) is 8.95. The van der Waals surface area contributed by atoms with E-state index in [0.29, 0.717) is 31.0 Å². The largest absolute Gasteiger partial charge is 0.342 e. The molecular formula is C24H28N2O3S. The van der Waals surface area contributed by atoms with Gasteiger partial charge in [-0.05, 0) is 60.6 Å². The van der Waals surface area contributed by atoms with Crippen LogP contribution in [0.2, 0.25) is 0 Å². The van der Waals surface area contributed by atoms with E-state index in [4.69, 9.17) is 0 Å². The maximum atomic E-state index is 13.7. The van der Waals surface area contributed by atoms with Gasteiger partial charge in [-0.1, -0.05) is 37.1 Å². The van der Waals surface area contributed by atoms with Crippen molar-refractivity contribution in [3.63, 3.8) is 0 Å². The van der Waals surface area contributed by atoms with Gasteiger partial charge in [-0.3, -0.25) is 9.10 Å². The second kappa shape index (κ2) is 7.12. The van der Waals surface area contributed by atoms with Crippen LogP contribution in [0.15, 0.2) is 47.4 Å². The molecule has 158 valence electrons. The minimum Gasteiger partial charge on any atom is -0.342 e. The van der Waals surface area contributed by atoms with Gasteiger partial charge in [-0.15, -0.1) is 0 Å². The summed E-state index contributed by atoms with van der Waals surface area (Å²) in [5.41, 5.74) is 4.20. The second-order valence-corrected chi connectivity index (χ2v) is 10.8. The monoisotopic (exact) mass is 424 g/mol. The number of carbonyl (C=O) groups excluding carboxylic acids is 1. The first-order valence-corrected chi connectivity index (χ1v) is 12.3. The van der Waals surface area contributed by atoms with Gasteiger partial charge in [0, 0.05) is 32.0 Å². The first-order chi connectivity index (χ1) is 14.4. The van der Waals surface area contributed by atoms with Crippen molar-refractivity contribution in [2.24, 2.45) is 0 Å². The quantitative estimate of drug-likeness (QED) is 0.739. The Morgan fingerprint density at radius 3 is 2.40 bits per heavy atom. The lowest BCUT2D eigenvalue weighted by atomic mass is 9.81. The van der Waals surface area contributed by atoms with E-state index < -0.39 is 10.0 Å². The first kappa shape index (κ1) is 19.6. The molecule has 5 rings (SSSR count). The molecule has 1 amide bonds. The molecular weight excluding hydrogens is 396 g/mol. The number of amides is 1. The fourth-order valence-electron chi connectivity index (χ4n) is 5.58. The minimum absolute atomic E-state index is 0.0304.